The lowest BCUT2D eigenvalue weighted by Crippen LogP contribution is -2.39. The summed E-state index contributed by atoms with van der Waals surface area (Å²) in [7, 11) is 0. The number of ether oxygens (including phenoxy) is 1. The van der Waals surface area contributed by atoms with Gasteiger partial charge in [-0.2, -0.15) is 5.26 Å². The number of piperidine rings is 1. The van der Waals surface area contributed by atoms with Crippen LogP contribution in [0.4, 0.5) is 0 Å². The van der Waals surface area contributed by atoms with Crippen LogP contribution in [0.25, 0.3) is 0 Å². The van der Waals surface area contributed by atoms with Crippen LogP contribution in [-0.2, 0) is 0 Å². The van der Waals surface area contributed by atoms with Gasteiger partial charge in [-0.25, -0.2) is 9.97 Å². The van der Waals surface area contributed by atoms with Crippen molar-refractivity contribution in [3.05, 3.63) is 40.0 Å². The molecule has 1 fully saturated rings. The van der Waals surface area contributed by atoms with Crippen molar-refractivity contribution in [2.75, 3.05) is 19.7 Å². The molecular formula is C17H18N4O2S. The fourth-order valence-corrected chi connectivity index (χ4v) is 3.48. The number of nitriles is 1. The fourth-order valence-electron chi connectivity index (χ4n) is 2.71. The molecule has 3 rings (SSSR count). The van der Waals surface area contributed by atoms with Crippen molar-refractivity contribution in [2.45, 2.75) is 19.8 Å². The van der Waals surface area contributed by atoms with Gasteiger partial charge in [0.05, 0.1) is 29.4 Å². The van der Waals surface area contributed by atoms with Crippen molar-refractivity contribution >= 4 is 17.2 Å². The van der Waals surface area contributed by atoms with Gasteiger partial charge in [0.15, 0.2) is 0 Å². The molecule has 124 valence electrons. The van der Waals surface area contributed by atoms with E-state index in [1.807, 2.05) is 11.8 Å². The number of pyridine rings is 1. The maximum atomic E-state index is 12.5. The third kappa shape index (κ3) is 3.71. The Bertz CT molecular complexity index is 760. The lowest BCUT2D eigenvalue weighted by Gasteiger charge is -2.31. The predicted molar refractivity (Wildman–Crippen MR) is 89.9 cm³/mol. The van der Waals surface area contributed by atoms with Crippen LogP contribution in [0.2, 0.25) is 0 Å². The van der Waals surface area contributed by atoms with Gasteiger partial charge in [0.25, 0.3) is 5.91 Å². The molecule has 0 atom stereocenters. The molecule has 1 aliphatic heterocycles. The topological polar surface area (TPSA) is 79.1 Å². The second-order valence-corrected chi connectivity index (χ2v) is 6.66. The summed E-state index contributed by atoms with van der Waals surface area (Å²) >= 11 is 1.40. The minimum absolute atomic E-state index is 0.0813. The number of carbonyl (C=O) groups is 1. The normalized spacial score (nSPS) is 15.1. The minimum atomic E-state index is 0.0813. The number of amides is 1. The van der Waals surface area contributed by atoms with Gasteiger partial charge in [0.2, 0.25) is 5.88 Å². The number of hydrogen-bond donors (Lipinski definition) is 0. The number of carbonyl (C=O) groups excluding carboxylic acids is 1. The fraction of sp³-hybridized carbons (Fsp3) is 0.412. The van der Waals surface area contributed by atoms with E-state index in [4.69, 9.17) is 10.00 Å². The average Bonchev–Trinajstić information content (AvgIpc) is 3.06. The average molecular weight is 342 g/mol. The molecule has 6 nitrogen and oxygen atoms in total. The quantitative estimate of drug-likeness (QED) is 0.853. The van der Waals surface area contributed by atoms with Gasteiger partial charge in [-0.1, -0.05) is 0 Å². The summed E-state index contributed by atoms with van der Waals surface area (Å²) in [6.07, 6.45) is 3.38. The Morgan fingerprint density at radius 2 is 2.25 bits per heavy atom. The standard InChI is InChI=1S/C17H18N4O2S/c1-12-16(24-11-20-12)17(22)21-6-3-13(4-7-21)10-23-15-8-14(9-18)2-5-19-15/h2,5,8,11,13H,3-4,6-7,10H2,1H3. The molecule has 0 unspecified atom stereocenters. The van der Waals surface area contributed by atoms with E-state index >= 15 is 0 Å². The molecule has 0 saturated carbocycles. The van der Waals surface area contributed by atoms with Crippen molar-refractivity contribution in [2.24, 2.45) is 5.92 Å². The van der Waals surface area contributed by atoms with Gasteiger partial charge < -0.3 is 9.64 Å². The summed E-state index contributed by atoms with van der Waals surface area (Å²) < 4.78 is 5.70. The highest BCUT2D eigenvalue weighted by Gasteiger charge is 2.25. The zero-order valence-corrected chi connectivity index (χ0v) is 14.3. The Kier molecular flexibility index (Phi) is 5.06. The van der Waals surface area contributed by atoms with Crippen molar-refractivity contribution in [3.63, 3.8) is 0 Å². The van der Waals surface area contributed by atoms with E-state index in [2.05, 4.69) is 16.0 Å². The maximum absolute atomic E-state index is 12.5. The van der Waals surface area contributed by atoms with Crippen LogP contribution in [0.5, 0.6) is 5.88 Å². The molecule has 0 radical (unpaired) electrons. The first-order valence-electron chi connectivity index (χ1n) is 7.85. The van der Waals surface area contributed by atoms with Gasteiger partial charge in [0.1, 0.15) is 4.88 Å². The molecule has 0 aliphatic carbocycles. The first kappa shape index (κ1) is 16.4. The van der Waals surface area contributed by atoms with Crippen molar-refractivity contribution in [1.29, 1.82) is 5.26 Å². The lowest BCUT2D eigenvalue weighted by atomic mass is 9.97. The molecule has 2 aromatic heterocycles. The van der Waals surface area contributed by atoms with Gasteiger partial charge in [0, 0.05) is 25.4 Å². The molecule has 24 heavy (non-hydrogen) atoms. The van der Waals surface area contributed by atoms with Crippen molar-refractivity contribution < 1.29 is 9.53 Å². The third-order valence-corrected chi connectivity index (χ3v) is 5.09. The van der Waals surface area contributed by atoms with Crippen LogP contribution in [-0.4, -0.2) is 40.5 Å². The highest BCUT2D eigenvalue weighted by Crippen LogP contribution is 2.22. The number of aromatic nitrogens is 2. The van der Waals surface area contributed by atoms with Gasteiger partial charge in [-0.15, -0.1) is 11.3 Å². The molecule has 1 aliphatic rings. The number of likely N-dealkylation sites (tertiary alicyclic amines) is 1. The van der Waals surface area contributed by atoms with E-state index in [1.54, 1.807) is 23.8 Å². The van der Waals surface area contributed by atoms with E-state index < -0.39 is 0 Å². The zero-order chi connectivity index (χ0) is 16.9. The van der Waals surface area contributed by atoms with Crippen LogP contribution in [0, 0.1) is 24.2 Å². The minimum Gasteiger partial charge on any atom is -0.477 e. The van der Waals surface area contributed by atoms with Crippen LogP contribution >= 0.6 is 11.3 Å². The SMILES string of the molecule is Cc1ncsc1C(=O)N1CCC(COc2cc(C#N)ccn2)CC1. The molecular weight excluding hydrogens is 324 g/mol. The summed E-state index contributed by atoms with van der Waals surface area (Å²) in [6, 6.07) is 5.37. The monoisotopic (exact) mass is 342 g/mol. The Hall–Kier alpha value is -2.46. The molecule has 0 aromatic carbocycles. The molecule has 0 N–H and O–H groups in total. The largest absolute Gasteiger partial charge is 0.477 e. The molecule has 1 amide bonds. The molecule has 0 bridgehead atoms. The zero-order valence-electron chi connectivity index (χ0n) is 13.4. The van der Waals surface area contributed by atoms with E-state index in [9.17, 15) is 4.79 Å². The number of aryl methyl sites for hydroxylation is 1. The molecule has 7 heteroatoms. The smallest absolute Gasteiger partial charge is 0.265 e. The van der Waals surface area contributed by atoms with Crippen LogP contribution in [0.1, 0.15) is 33.8 Å². The summed E-state index contributed by atoms with van der Waals surface area (Å²) in [4.78, 5) is 23.4. The van der Waals surface area contributed by atoms with Gasteiger partial charge in [-0.05, 0) is 31.7 Å². The van der Waals surface area contributed by atoms with E-state index in [0.717, 1.165) is 36.5 Å². The van der Waals surface area contributed by atoms with E-state index in [-0.39, 0.29) is 5.91 Å². The van der Waals surface area contributed by atoms with Crippen molar-refractivity contribution in [1.82, 2.24) is 14.9 Å². The highest BCUT2D eigenvalue weighted by atomic mass is 32.1. The molecule has 3 heterocycles. The molecule has 1 saturated heterocycles. The maximum Gasteiger partial charge on any atom is 0.265 e. The number of thiazole rings is 1. The number of rotatable bonds is 4. The van der Waals surface area contributed by atoms with Crippen LogP contribution in [0.15, 0.2) is 23.8 Å². The van der Waals surface area contributed by atoms with Crippen molar-refractivity contribution in [3.8, 4) is 11.9 Å². The lowest BCUT2D eigenvalue weighted by molar-refractivity contribution is 0.0663. The Balaban J connectivity index is 1.49. The Morgan fingerprint density at radius 1 is 1.46 bits per heavy atom. The summed E-state index contributed by atoms with van der Waals surface area (Å²) in [5.74, 6) is 0.953. The summed E-state index contributed by atoms with van der Waals surface area (Å²) in [5.41, 5.74) is 3.06. The summed E-state index contributed by atoms with van der Waals surface area (Å²) in [6.45, 7) is 3.89. The predicted octanol–water partition coefficient (Wildman–Crippen LogP) is 2.65. The van der Waals surface area contributed by atoms with Crippen LogP contribution in [0.3, 0.4) is 0 Å². The highest BCUT2D eigenvalue weighted by molar-refractivity contribution is 7.11. The third-order valence-electron chi connectivity index (χ3n) is 4.17. The number of nitrogens with zero attached hydrogens (tertiary/aromatic N) is 4. The molecule has 0 spiro atoms. The second kappa shape index (κ2) is 7.41. The Labute approximate surface area is 144 Å². The molecule has 2 aromatic rings. The van der Waals surface area contributed by atoms with E-state index in [0.29, 0.717) is 24.0 Å². The first-order valence-corrected chi connectivity index (χ1v) is 8.73. The first-order chi connectivity index (χ1) is 11.7. The van der Waals surface area contributed by atoms with E-state index in [1.165, 1.54) is 11.3 Å². The van der Waals surface area contributed by atoms with Gasteiger partial charge in [-0.3, -0.25) is 4.79 Å². The van der Waals surface area contributed by atoms with Crippen LogP contribution < -0.4 is 4.74 Å². The summed E-state index contributed by atoms with van der Waals surface area (Å²) in [5, 5.41) is 8.88. The second-order valence-electron chi connectivity index (χ2n) is 5.81. The number of hydrogen-bond acceptors (Lipinski definition) is 6. The Morgan fingerprint density at radius 3 is 2.92 bits per heavy atom. The van der Waals surface area contributed by atoms with Gasteiger partial charge >= 0.3 is 0 Å².